The van der Waals surface area contributed by atoms with Crippen LogP contribution >= 0.6 is 0 Å². The molecule has 3 heterocycles. The van der Waals surface area contributed by atoms with E-state index in [0.29, 0.717) is 0 Å². The fourth-order valence-electron chi connectivity index (χ4n) is 9.93. The maximum Gasteiger partial charge on any atom is 3.00 e. The zero-order valence-electron chi connectivity index (χ0n) is 41.4. The maximum absolute atomic E-state index is 4.90. The average molecular weight is 1140 g/mol. The van der Waals surface area contributed by atoms with E-state index in [9.17, 15) is 0 Å². The second kappa shape index (κ2) is 21.7. The van der Waals surface area contributed by atoms with Crippen molar-refractivity contribution in [3.05, 3.63) is 285 Å². The summed E-state index contributed by atoms with van der Waals surface area (Å²) >= 11 is 0. The van der Waals surface area contributed by atoms with Crippen LogP contribution in [0.15, 0.2) is 255 Å². The topological polar surface area (TPSA) is 38.7 Å². The van der Waals surface area contributed by atoms with Gasteiger partial charge in [-0.05, 0) is 117 Å². The summed E-state index contributed by atoms with van der Waals surface area (Å²) in [5.74, 6) is 0. The first-order valence-corrected chi connectivity index (χ1v) is 25.0. The zero-order chi connectivity index (χ0) is 49.8. The smallest absolute Gasteiger partial charge is 0.305 e. The molecule has 4 heteroatoms. The summed E-state index contributed by atoms with van der Waals surface area (Å²) in [5.41, 5.74) is 25.7. The quantitative estimate of drug-likeness (QED) is 0.121. The minimum absolute atomic E-state index is 0. The molecule has 0 N–H and O–H groups in total. The molecule has 0 saturated carbocycles. The Labute approximate surface area is 453 Å². The van der Waals surface area contributed by atoms with Crippen LogP contribution in [-0.4, -0.2) is 15.0 Å². The van der Waals surface area contributed by atoms with E-state index in [1.807, 2.05) is 55.0 Å². The molecular weight excluding hydrogens is 1090 g/mol. The Hall–Kier alpha value is -8.92. The minimum atomic E-state index is 0. The van der Waals surface area contributed by atoms with Gasteiger partial charge in [0.05, 0.1) is 0 Å². The van der Waals surface area contributed by atoms with Gasteiger partial charge in [0, 0.05) is 18.6 Å². The number of aromatic nitrogens is 3. The molecule has 75 heavy (non-hydrogen) atoms. The van der Waals surface area contributed by atoms with Crippen LogP contribution in [0.3, 0.4) is 0 Å². The van der Waals surface area contributed by atoms with Crippen LogP contribution in [0, 0.1) is 32.0 Å². The molecule has 3 aromatic heterocycles. The third kappa shape index (κ3) is 10.1. The Balaban J connectivity index is 0.00000602. The summed E-state index contributed by atoms with van der Waals surface area (Å²) in [4.78, 5) is 14.1. The van der Waals surface area contributed by atoms with E-state index in [4.69, 9.17) is 4.98 Å². The van der Waals surface area contributed by atoms with Crippen molar-refractivity contribution in [1.82, 2.24) is 15.0 Å². The molecule has 9 aromatic carbocycles. The summed E-state index contributed by atoms with van der Waals surface area (Å²) in [6.07, 6.45) is 5.61. The van der Waals surface area contributed by atoms with E-state index in [1.54, 1.807) is 0 Å². The first-order valence-electron chi connectivity index (χ1n) is 25.0. The average Bonchev–Trinajstić information content (AvgIpc) is 3.48. The third-order valence-electron chi connectivity index (χ3n) is 14.0. The first kappa shape index (κ1) is 48.4. The predicted octanol–water partition coefficient (Wildman–Crippen LogP) is 18.2. The Morgan fingerprint density at radius 3 is 1.17 bits per heavy atom. The molecule has 0 aliphatic heterocycles. The molecule has 0 saturated heterocycles. The van der Waals surface area contributed by atoms with Gasteiger partial charge in [0.1, 0.15) is 0 Å². The zero-order valence-corrected chi connectivity index (χ0v) is 43.8. The van der Waals surface area contributed by atoms with Crippen molar-refractivity contribution in [2.24, 2.45) is 0 Å². The van der Waals surface area contributed by atoms with Gasteiger partial charge >= 0.3 is 20.1 Å². The van der Waals surface area contributed by atoms with E-state index in [2.05, 4.69) is 242 Å². The third-order valence-corrected chi connectivity index (χ3v) is 14.0. The van der Waals surface area contributed by atoms with E-state index < -0.39 is 0 Å². The second-order valence-corrected chi connectivity index (χ2v) is 18.6. The molecule has 3 nitrogen and oxygen atoms in total. The van der Waals surface area contributed by atoms with Crippen molar-refractivity contribution in [3.63, 3.8) is 0 Å². The number of pyridine rings is 3. The standard InChI is InChI=1S/C71H48N3.Ir/c1-48-42-71(74-47-49(48)2)57-38-39-67(68(46-57)54-28-26-51(27-29-54)50-16-4-3-5-17-50)66-23-11-10-22-65(66)60-44-58(63-20-8-6-18-61(63)52-30-34-55(35-31-52)69-24-12-14-40-72-69)43-59(45-60)64-21-9-7-19-62(64)53-32-36-56(37-33-53)70-25-13-15-41-73-70;/h3-34,36,39-47H,1-2H3;/q-3;+3. The van der Waals surface area contributed by atoms with Crippen LogP contribution in [-0.2, 0) is 20.1 Å². The Morgan fingerprint density at radius 2 is 0.693 bits per heavy atom. The van der Waals surface area contributed by atoms with Crippen LogP contribution in [0.4, 0.5) is 0 Å². The molecule has 0 unspecified atom stereocenters. The molecule has 0 amide bonds. The van der Waals surface area contributed by atoms with Gasteiger partial charge in [0.15, 0.2) is 0 Å². The monoisotopic (exact) mass is 1140 g/mol. The van der Waals surface area contributed by atoms with E-state index in [0.717, 1.165) is 117 Å². The second-order valence-electron chi connectivity index (χ2n) is 18.6. The number of nitrogens with zero attached hydrogens (tertiary/aromatic N) is 3. The van der Waals surface area contributed by atoms with Crippen molar-refractivity contribution >= 4 is 0 Å². The summed E-state index contributed by atoms with van der Waals surface area (Å²) in [6.45, 7) is 4.25. The SMILES string of the molecule is Cc1cnc(-c2[c-]cc(-c3ccccc3-c3cc(-c4ccccc4-c4c[c-]c(-c5ccccn5)cc4)cc(-c4ccccc4-c4c[c-]c(-c5ccccn5)cc4)c3)c(-c3ccc(-c4ccccc4)cc3)c2)cc1C.[Ir+3]. The Morgan fingerprint density at radius 1 is 0.267 bits per heavy atom. The number of rotatable bonds is 11. The first-order chi connectivity index (χ1) is 36.5. The van der Waals surface area contributed by atoms with Crippen molar-refractivity contribution in [2.45, 2.75) is 13.8 Å². The largest absolute Gasteiger partial charge is 3.00 e. The molecule has 356 valence electrons. The van der Waals surface area contributed by atoms with Crippen LogP contribution in [0.1, 0.15) is 11.1 Å². The van der Waals surface area contributed by atoms with Gasteiger partial charge in [-0.2, -0.15) is 0 Å². The molecule has 0 spiro atoms. The van der Waals surface area contributed by atoms with Crippen LogP contribution in [0.2, 0.25) is 0 Å². The van der Waals surface area contributed by atoms with E-state index >= 15 is 0 Å². The van der Waals surface area contributed by atoms with Crippen molar-refractivity contribution < 1.29 is 20.1 Å². The summed E-state index contributed by atoms with van der Waals surface area (Å²) in [6, 6.07) is 94.9. The fourth-order valence-corrected chi connectivity index (χ4v) is 9.93. The summed E-state index contributed by atoms with van der Waals surface area (Å²) < 4.78 is 0. The molecule has 0 bridgehead atoms. The summed E-state index contributed by atoms with van der Waals surface area (Å²) in [7, 11) is 0. The van der Waals surface area contributed by atoms with Crippen molar-refractivity contribution in [2.75, 3.05) is 0 Å². The predicted molar refractivity (Wildman–Crippen MR) is 306 cm³/mol. The minimum Gasteiger partial charge on any atom is -0.305 e. The van der Waals surface area contributed by atoms with E-state index in [-0.39, 0.29) is 20.1 Å². The molecule has 0 fully saturated rings. The summed E-state index contributed by atoms with van der Waals surface area (Å²) in [5, 5.41) is 0. The molecular formula is C71H48IrN3. The fraction of sp³-hybridized carbons (Fsp3) is 0.0282. The van der Waals surface area contributed by atoms with Crippen LogP contribution in [0.5, 0.6) is 0 Å². The molecule has 0 aliphatic rings. The molecule has 12 aromatic rings. The normalized spacial score (nSPS) is 11.0. The maximum atomic E-state index is 4.90. The van der Waals surface area contributed by atoms with Gasteiger partial charge in [-0.15, -0.1) is 83.4 Å². The van der Waals surface area contributed by atoms with Crippen molar-refractivity contribution in [3.8, 4) is 123 Å². The van der Waals surface area contributed by atoms with Gasteiger partial charge in [-0.3, -0.25) is 0 Å². The number of hydrogen-bond donors (Lipinski definition) is 0. The number of hydrogen-bond acceptors (Lipinski definition) is 3. The number of aryl methyl sites for hydroxylation is 2. The van der Waals surface area contributed by atoms with E-state index in [1.165, 1.54) is 16.7 Å². The molecule has 0 atom stereocenters. The number of benzene rings is 9. The van der Waals surface area contributed by atoms with Crippen molar-refractivity contribution in [1.29, 1.82) is 0 Å². The Bertz CT molecular complexity index is 3780. The van der Waals surface area contributed by atoms with Gasteiger partial charge in [0.25, 0.3) is 0 Å². The molecule has 12 rings (SSSR count). The molecule has 0 aliphatic carbocycles. The van der Waals surface area contributed by atoms with Gasteiger partial charge < -0.3 is 15.0 Å². The van der Waals surface area contributed by atoms with Gasteiger partial charge in [-0.1, -0.05) is 202 Å². The van der Waals surface area contributed by atoms with Gasteiger partial charge in [0.2, 0.25) is 0 Å². The van der Waals surface area contributed by atoms with Crippen LogP contribution < -0.4 is 0 Å². The molecule has 0 radical (unpaired) electrons. The Kier molecular flexibility index (Phi) is 14.0. The van der Waals surface area contributed by atoms with Gasteiger partial charge in [-0.25, -0.2) is 0 Å². The van der Waals surface area contributed by atoms with Crippen LogP contribution in [0.25, 0.3) is 123 Å².